The lowest BCUT2D eigenvalue weighted by Crippen LogP contribution is -2.36. The van der Waals surface area contributed by atoms with Gasteiger partial charge in [-0.15, -0.1) is 0 Å². The molecule has 0 heterocycles. The molecule has 0 atom stereocenters. The van der Waals surface area contributed by atoms with E-state index >= 15 is 0 Å². The molecule has 4 nitrogen and oxygen atoms in total. The fourth-order valence-electron chi connectivity index (χ4n) is 1.46. The first-order valence-electron chi connectivity index (χ1n) is 5.76. The molecule has 0 aromatic heterocycles. The Morgan fingerprint density at radius 3 is 2.40 bits per heavy atom. The van der Waals surface area contributed by atoms with E-state index in [0.29, 0.717) is 6.07 Å². The first-order chi connectivity index (χ1) is 9.27. The summed E-state index contributed by atoms with van der Waals surface area (Å²) in [5.74, 6) is -1.93. The van der Waals surface area contributed by atoms with Crippen LogP contribution in [0.4, 0.5) is 18.9 Å². The minimum absolute atomic E-state index is 0.0229. The zero-order valence-corrected chi connectivity index (χ0v) is 10.8. The molecule has 1 fully saturated rings. The third kappa shape index (κ3) is 3.63. The molecule has 108 valence electrons. The van der Waals surface area contributed by atoms with E-state index in [1.165, 1.54) is 0 Å². The Labute approximate surface area is 117 Å². The summed E-state index contributed by atoms with van der Waals surface area (Å²) < 4.78 is 37.6. The normalized spacial score (nSPS) is 14.8. The molecule has 0 radical (unpaired) electrons. The third-order valence-corrected chi connectivity index (χ3v) is 2.99. The van der Waals surface area contributed by atoms with Gasteiger partial charge in [0.2, 0.25) is 0 Å². The number of rotatable bonds is 2. The van der Waals surface area contributed by atoms with E-state index in [2.05, 4.69) is 10.6 Å². The maximum absolute atomic E-state index is 12.5. The van der Waals surface area contributed by atoms with Crippen molar-refractivity contribution in [3.63, 3.8) is 0 Å². The molecule has 1 aromatic rings. The van der Waals surface area contributed by atoms with Crippen LogP contribution in [0, 0.1) is 0 Å². The molecule has 1 aliphatic carbocycles. The monoisotopic (exact) mass is 306 g/mol. The van der Waals surface area contributed by atoms with Crippen molar-refractivity contribution in [2.45, 2.75) is 25.1 Å². The van der Waals surface area contributed by atoms with E-state index in [1.54, 1.807) is 0 Å². The zero-order valence-electron chi connectivity index (χ0n) is 10.1. The van der Waals surface area contributed by atoms with Gasteiger partial charge in [-0.3, -0.25) is 9.59 Å². The van der Waals surface area contributed by atoms with Crippen LogP contribution in [0.2, 0.25) is 5.02 Å². The Kier molecular flexibility index (Phi) is 3.89. The highest BCUT2D eigenvalue weighted by Crippen LogP contribution is 2.33. The standard InChI is InChI=1S/C12H10ClF3N2O2/c13-8-4-1-6(12(14,15)16)5-9(8)18-11(20)10(19)17-7-2-3-7/h1,4-5,7H,2-3H2,(H,17,19)(H,18,20). The number of anilines is 1. The lowest BCUT2D eigenvalue weighted by atomic mass is 10.2. The molecular weight excluding hydrogens is 297 g/mol. The molecule has 0 bridgehead atoms. The van der Waals surface area contributed by atoms with Gasteiger partial charge >= 0.3 is 18.0 Å². The van der Waals surface area contributed by atoms with Crippen LogP contribution in [-0.4, -0.2) is 17.9 Å². The van der Waals surface area contributed by atoms with E-state index in [1.807, 2.05) is 0 Å². The van der Waals surface area contributed by atoms with Crippen molar-refractivity contribution in [3.05, 3.63) is 28.8 Å². The van der Waals surface area contributed by atoms with E-state index < -0.39 is 23.6 Å². The SMILES string of the molecule is O=C(Nc1cc(C(F)(F)F)ccc1Cl)C(=O)NC1CC1. The summed E-state index contributed by atoms with van der Waals surface area (Å²) in [7, 11) is 0. The number of halogens is 4. The molecule has 0 saturated heterocycles. The highest BCUT2D eigenvalue weighted by atomic mass is 35.5. The van der Waals surface area contributed by atoms with Gasteiger partial charge in [-0.05, 0) is 31.0 Å². The van der Waals surface area contributed by atoms with Crippen LogP contribution in [0.1, 0.15) is 18.4 Å². The van der Waals surface area contributed by atoms with E-state index in [-0.39, 0.29) is 16.8 Å². The van der Waals surface area contributed by atoms with Gasteiger partial charge in [0.05, 0.1) is 16.3 Å². The third-order valence-electron chi connectivity index (χ3n) is 2.66. The fraction of sp³-hybridized carbons (Fsp3) is 0.333. The molecule has 2 rings (SSSR count). The van der Waals surface area contributed by atoms with Gasteiger partial charge < -0.3 is 10.6 Å². The molecule has 2 N–H and O–H groups in total. The van der Waals surface area contributed by atoms with Crippen LogP contribution in [0.15, 0.2) is 18.2 Å². The lowest BCUT2D eigenvalue weighted by molar-refractivity contribution is -0.137. The van der Waals surface area contributed by atoms with Crippen LogP contribution in [-0.2, 0) is 15.8 Å². The zero-order chi connectivity index (χ0) is 14.9. The molecule has 8 heteroatoms. The fourth-order valence-corrected chi connectivity index (χ4v) is 1.62. The summed E-state index contributed by atoms with van der Waals surface area (Å²) in [5, 5.41) is 4.42. The summed E-state index contributed by atoms with van der Waals surface area (Å²) in [5.41, 5.74) is -1.21. The summed E-state index contributed by atoms with van der Waals surface area (Å²) in [6, 6.07) is 2.47. The largest absolute Gasteiger partial charge is 0.416 e. The van der Waals surface area contributed by atoms with Gasteiger partial charge in [-0.25, -0.2) is 0 Å². The Bertz CT molecular complexity index is 556. The van der Waals surface area contributed by atoms with E-state index in [9.17, 15) is 22.8 Å². The summed E-state index contributed by atoms with van der Waals surface area (Å²) in [6.45, 7) is 0. The van der Waals surface area contributed by atoms with Crippen molar-refractivity contribution in [1.29, 1.82) is 0 Å². The van der Waals surface area contributed by atoms with Crippen LogP contribution in [0.25, 0.3) is 0 Å². The van der Waals surface area contributed by atoms with Crippen molar-refractivity contribution in [2.24, 2.45) is 0 Å². The lowest BCUT2D eigenvalue weighted by Gasteiger charge is -2.11. The van der Waals surface area contributed by atoms with Gasteiger partial charge in [0.1, 0.15) is 0 Å². The highest BCUT2D eigenvalue weighted by molar-refractivity contribution is 6.41. The number of hydrogen-bond donors (Lipinski definition) is 2. The number of carbonyl (C=O) groups excluding carboxylic acids is 2. The summed E-state index contributed by atoms with van der Waals surface area (Å²) in [4.78, 5) is 22.9. The summed E-state index contributed by atoms with van der Waals surface area (Å²) in [6.07, 6.45) is -2.97. The minimum Gasteiger partial charge on any atom is -0.345 e. The quantitative estimate of drug-likeness (QED) is 0.825. The van der Waals surface area contributed by atoms with Gasteiger partial charge in [0, 0.05) is 6.04 Å². The maximum atomic E-state index is 12.5. The molecule has 1 saturated carbocycles. The number of benzene rings is 1. The molecular formula is C12H10ClF3N2O2. The Morgan fingerprint density at radius 2 is 1.85 bits per heavy atom. The number of amides is 2. The van der Waals surface area contributed by atoms with Gasteiger partial charge in [-0.1, -0.05) is 11.6 Å². The van der Waals surface area contributed by atoms with E-state index in [4.69, 9.17) is 11.6 Å². The molecule has 0 unspecified atom stereocenters. The number of carbonyl (C=O) groups is 2. The second-order valence-electron chi connectivity index (χ2n) is 4.39. The number of hydrogen-bond acceptors (Lipinski definition) is 2. The second-order valence-corrected chi connectivity index (χ2v) is 4.80. The smallest absolute Gasteiger partial charge is 0.345 e. The Morgan fingerprint density at radius 1 is 1.20 bits per heavy atom. The predicted molar refractivity (Wildman–Crippen MR) is 66.2 cm³/mol. The van der Waals surface area contributed by atoms with Crippen LogP contribution < -0.4 is 10.6 Å². The Hall–Kier alpha value is -1.76. The second kappa shape index (κ2) is 5.32. The average Bonchev–Trinajstić information content (AvgIpc) is 3.14. The molecule has 0 spiro atoms. The maximum Gasteiger partial charge on any atom is 0.416 e. The molecule has 0 aliphatic heterocycles. The minimum atomic E-state index is -4.56. The van der Waals surface area contributed by atoms with E-state index in [0.717, 1.165) is 25.0 Å². The van der Waals surface area contributed by atoms with Crippen LogP contribution >= 0.6 is 11.6 Å². The predicted octanol–water partition coefficient (Wildman–Crippen LogP) is 2.58. The highest BCUT2D eigenvalue weighted by Gasteiger charge is 2.31. The number of alkyl halides is 3. The Balaban J connectivity index is 2.11. The van der Waals surface area contributed by atoms with Crippen LogP contribution in [0.5, 0.6) is 0 Å². The average molecular weight is 307 g/mol. The van der Waals surface area contributed by atoms with Crippen molar-refractivity contribution in [2.75, 3.05) is 5.32 Å². The van der Waals surface area contributed by atoms with Crippen molar-refractivity contribution in [1.82, 2.24) is 5.32 Å². The first-order valence-corrected chi connectivity index (χ1v) is 6.14. The van der Waals surface area contributed by atoms with Gasteiger partial charge in [0.15, 0.2) is 0 Å². The summed E-state index contributed by atoms with van der Waals surface area (Å²) >= 11 is 5.70. The van der Waals surface area contributed by atoms with Gasteiger partial charge in [-0.2, -0.15) is 13.2 Å². The van der Waals surface area contributed by atoms with Crippen molar-refractivity contribution < 1.29 is 22.8 Å². The van der Waals surface area contributed by atoms with Crippen molar-refractivity contribution >= 4 is 29.1 Å². The van der Waals surface area contributed by atoms with Gasteiger partial charge in [0.25, 0.3) is 0 Å². The number of nitrogens with one attached hydrogen (secondary N) is 2. The molecule has 1 aliphatic rings. The van der Waals surface area contributed by atoms with Crippen molar-refractivity contribution in [3.8, 4) is 0 Å². The molecule has 2 amide bonds. The van der Waals surface area contributed by atoms with Crippen LogP contribution in [0.3, 0.4) is 0 Å². The molecule has 1 aromatic carbocycles. The molecule has 20 heavy (non-hydrogen) atoms. The first kappa shape index (κ1) is 14.6. The topological polar surface area (TPSA) is 58.2 Å².